The lowest BCUT2D eigenvalue weighted by Gasteiger charge is -2.10. The molecular formula is C14H15BrN2O3S. The third kappa shape index (κ3) is 3.75. The maximum atomic E-state index is 12.2. The molecule has 3 N–H and O–H groups in total. The first kappa shape index (κ1) is 15.8. The van der Waals surface area contributed by atoms with Crippen molar-refractivity contribution >= 4 is 31.6 Å². The minimum absolute atomic E-state index is 0.123. The maximum Gasteiger partial charge on any atom is 0.240 e. The molecule has 0 heterocycles. The summed E-state index contributed by atoms with van der Waals surface area (Å²) in [5.41, 5.74) is 6.84. The summed E-state index contributed by atoms with van der Waals surface area (Å²) in [5.74, 6) is 0.635. The van der Waals surface area contributed by atoms with E-state index < -0.39 is 10.0 Å². The quantitative estimate of drug-likeness (QED) is 0.792. The normalized spacial score (nSPS) is 11.3. The number of nitrogens with two attached hydrogens (primary N) is 1. The molecule has 0 fully saturated rings. The van der Waals surface area contributed by atoms with E-state index in [0.29, 0.717) is 15.9 Å². The van der Waals surface area contributed by atoms with Crippen LogP contribution < -0.4 is 15.2 Å². The van der Waals surface area contributed by atoms with Gasteiger partial charge in [0.05, 0.1) is 12.0 Å². The average Bonchev–Trinajstić information content (AvgIpc) is 2.48. The second-order valence-corrected chi connectivity index (χ2v) is 6.94. The number of hydrogen-bond acceptors (Lipinski definition) is 4. The Morgan fingerprint density at radius 2 is 1.95 bits per heavy atom. The minimum Gasteiger partial charge on any atom is -0.496 e. The van der Waals surface area contributed by atoms with Crippen molar-refractivity contribution in [3.63, 3.8) is 0 Å². The van der Waals surface area contributed by atoms with Crippen molar-refractivity contribution in [2.24, 2.45) is 0 Å². The van der Waals surface area contributed by atoms with Gasteiger partial charge in [0, 0.05) is 22.3 Å². The number of para-hydroxylation sites is 1. The highest BCUT2D eigenvalue weighted by atomic mass is 79.9. The number of methoxy groups -OCH3 is 1. The first-order chi connectivity index (χ1) is 9.94. The number of benzene rings is 2. The third-order valence-corrected chi connectivity index (χ3v) is 5.04. The smallest absolute Gasteiger partial charge is 0.240 e. The fourth-order valence-corrected chi connectivity index (χ4v) is 3.08. The van der Waals surface area contributed by atoms with E-state index in [9.17, 15) is 8.42 Å². The molecule has 0 atom stereocenters. The Kier molecular flexibility index (Phi) is 4.87. The van der Waals surface area contributed by atoms with Gasteiger partial charge < -0.3 is 10.5 Å². The second kappa shape index (κ2) is 6.46. The van der Waals surface area contributed by atoms with Gasteiger partial charge in [0.25, 0.3) is 0 Å². The number of halogens is 1. The molecule has 0 aliphatic heterocycles. The average molecular weight is 371 g/mol. The van der Waals surface area contributed by atoms with E-state index in [4.69, 9.17) is 10.5 Å². The predicted molar refractivity (Wildman–Crippen MR) is 85.6 cm³/mol. The largest absolute Gasteiger partial charge is 0.496 e. The molecule has 0 amide bonds. The van der Waals surface area contributed by atoms with Crippen molar-refractivity contribution in [3.8, 4) is 5.75 Å². The molecule has 7 heteroatoms. The first-order valence-electron chi connectivity index (χ1n) is 6.10. The third-order valence-electron chi connectivity index (χ3n) is 2.92. The van der Waals surface area contributed by atoms with Crippen molar-refractivity contribution in [2.45, 2.75) is 11.4 Å². The molecule has 0 bridgehead atoms. The number of ether oxygens (including phenoxy) is 1. The van der Waals surface area contributed by atoms with E-state index in [1.165, 1.54) is 12.1 Å². The number of nitrogen functional groups attached to an aromatic ring is 1. The zero-order valence-electron chi connectivity index (χ0n) is 11.3. The van der Waals surface area contributed by atoms with Gasteiger partial charge >= 0.3 is 0 Å². The molecule has 0 unspecified atom stereocenters. The number of sulfonamides is 1. The van der Waals surface area contributed by atoms with Crippen LogP contribution >= 0.6 is 15.9 Å². The van der Waals surface area contributed by atoms with Crippen molar-refractivity contribution in [1.82, 2.24) is 4.72 Å². The zero-order chi connectivity index (χ0) is 15.5. The van der Waals surface area contributed by atoms with E-state index in [0.717, 1.165) is 5.56 Å². The van der Waals surface area contributed by atoms with Gasteiger partial charge in [0.1, 0.15) is 5.75 Å². The number of anilines is 1. The summed E-state index contributed by atoms with van der Waals surface area (Å²) in [7, 11) is -2.08. The Labute approximate surface area is 132 Å². The van der Waals surface area contributed by atoms with Gasteiger partial charge in [-0.15, -0.1) is 0 Å². The molecule has 21 heavy (non-hydrogen) atoms. The predicted octanol–water partition coefficient (Wildman–Crippen LogP) is 2.52. The van der Waals surface area contributed by atoms with Crippen LogP contribution in [0.25, 0.3) is 0 Å². The summed E-state index contributed by atoms with van der Waals surface area (Å²) in [4.78, 5) is 0.123. The minimum atomic E-state index is -3.63. The van der Waals surface area contributed by atoms with Gasteiger partial charge in [-0.1, -0.05) is 18.2 Å². The number of nitrogens with one attached hydrogen (secondary N) is 1. The monoisotopic (exact) mass is 370 g/mol. The molecule has 2 aromatic carbocycles. The molecule has 0 saturated carbocycles. The molecule has 5 nitrogen and oxygen atoms in total. The zero-order valence-corrected chi connectivity index (χ0v) is 13.7. The molecule has 0 radical (unpaired) electrons. The van der Waals surface area contributed by atoms with Gasteiger partial charge in [0.15, 0.2) is 0 Å². The van der Waals surface area contributed by atoms with Crippen molar-refractivity contribution < 1.29 is 13.2 Å². The molecule has 0 aliphatic rings. The second-order valence-electron chi connectivity index (χ2n) is 4.32. The van der Waals surface area contributed by atoms with Gasteiger partial charge in [-0.05, 0) is 40.2 Å². The summed E-state index contributed by atoms with van der Waals surface area (Å²) in [6.07, 6.45) is 0. The lowest BCUT2D eigenvalue weighted by Crippen LogP contribution is -2.23. The standard InChI is InChI=1S/C14H15BrN2O3S/c1-20-14-5-3-2-4-10(14)9-17-21(18,19)11-6-7-12(15)13(16)8-11/h2-8,17H,9,16H2,1H3. The highest BCUT2D eigenvalue weighted by Crippen LogP contribution is 2.23. The van der Waals surface area contributed by atoms with Crippen LogP contribution in [0.1, 0.15) is 5.56 Å². The van der Waals surface area contributed by atoms with Crippen molar-refractivity contribution in [3.05, 3.63) is 52.5 Å². The van der Waals surface area contributed by atoms with Crippen LogP contribution in [-0.4, -0.2) is 15.5 Å². The van der Waals surface area contributed by atoms with Crippen LogP contribution in [0.15, 0.2) is 51.8 Å². The molecule has 0 saturated heterocycles. The molecular weight excluding hydrogens is 356 g/mol. The van der Waals surface area contributed by atoms with Crippen LogP contribution in [0.5, 0.6) is 5.75 Å². The SMILES string of the molecule is COc1ccccc1CNS(=O)(=O)c1ccc(Br)c(N)c1. The van der Waals surface area contributed by atoms with Crippen LogP contribution in [0.2, 0.25) is 0 Å². The van der Waals surface area contributed by atoms with Crippen LogP contribution in [0.4, 0.5) is 5.69 Å². The van der Waals surface area contributed by atoms with Gasteiger partial charge in [-0.3, -0.25) is 0 Å². The van der Waals surface area contributed by atoms with Gasteiger partial charge in [-0.25, -0.2) is 13.1 Å². The Morgan fingerprint density at radius 1 is 1.24 bits per heavy atom. The fraction of sp³-hybridized carbons (Fsp3) is 0.143. The Hall–Kier alpha value is -1.57. The first-order valence-corrected chi connectivity index (χ1v) is 8.38. The molecule has 0 spiro atoms. The van der Waals surface area contributed by atoms with Gasteiger partial charge in [-0.2, -0.15) is 0 Å². The lowest BCUT2D eigenvalue weighted by molar-refractivity contribution is 0.409. The highest BCUT2D eigenvalue weighted by molar-refractivity contribution is 9.10. The summed E-state index contributed by atoms with van der Waals surface area (Å²) < 4.78 is 32.9. The Balaban J connectivity index is 2.20. The van der Waals surface area contributed by atoms with Crippen molar-refractivity contribution in [1.29, 1.82) is 0 Å². The summed E-state index contributed by atoms with van der Waals surface area (Å²) >= 11 is 3.23. The summed E-state index contributed by atoms with van der Waals surface area (Å²) in [6.45, 7) is 0.141. The van der Waals surface area contributed by atoms with E-state index >= 15 is 0 Å². The molecule has 0 aliphatic carbocycles. The van der Waals surface area contributed by atoms with Crippen LogP contribution in [-0.2, 0) is 16.6 Å². The Bertz CT molecular complexity index is 748. The van der Waals surface area contributed by atoms with Gasteiger partial charge in [0.2, 0.25) is 10.0 Å². The fourth-order valence-electron chi connectivity index (χ4n) is 1.79. The van der Waals surface area contributed by atoms with Crippen LogP contribution in [0, 0.1) is 0 Å². The number of rotatable bonds is 5. The molecule has 2 rings (SSSR count). The Morgan fingerprint density at radius 3 is 2.62 bits per heavy atom. The van der Waals surface area contributed by atoms with Crippen LogP contribution in [0.3, 0.4) is 0 Å². The van der Waals surface area contributed by atoms with E-state index in [2.05, 4.69) is 20.7 Å². The molecule has 0 aromatic heterocycles. The van der Waals surface area contributed by atoms with E-state index in [1.54, 1.807) is 25.3 Å². The molecule has 2 aromatic rings. The number of hydrogen-bond donors (Lipinski definition) is 2. The summed E-state index contributed by atoms with van der Waals surface area (Å²) in [6, 6.07) is 11.7. The van der Waals surface area contributed by atoms with E-state index in [1.807, 2.05) is 12.1 Å². The summed E-state index contributed by atoms with van der Waals surface area (Å²) in [5, 5.41) is 0. The van der Waals surface area contributed by atoms with Crippen molar-refractivity contribution in [2.75, 3.05) is 12.8 Å². The highest BCUT2D eigenvalue weighted by Gasteiger charge is 2.15. The lowest BCUT2D eigenvalue weighted by atomic mass is 10.2. The topological polar surface area (TPSA) is 81.4 Å². The maximum absolute atomic E-state index is 12.2. The molecule has 112 valence electrons. The van der Waals surface area contributed by atoms with E-state index in [-0.39, 0.29) is 11.4 Å².